The van der Waals surface area contributed by atoms with Gasteiger partial charge in [-0.25, -0.2) is 4.98 Å². The molecule has 0 bridgehead atoms. The smallest absolute Gasteiger partial charge is 0.181 e. The number of hydrogen-bond donors (Lipinski definition) is 1. The molecule has 0 aliphatic heterocycles. The van der Waals surface area contributed by atoms with Crippen LogP contribution in [0.1, 0.15) is 0 Å². The Bertz CT molecular complexity index is 664. The van der Waals surface area contributed by atoms with Crippen LogP contribution in [0.2, 0.25) is 5.02 Å². The second-order valence-electron chi connectivity index (χ2n) is 3.75. The average molecular weight is 257 g/mol. The molecular weight excluding hydrogens is 248 g/mol. The normalized spacial score (nSPS) is 10.5. The van der Waals surface area contributed by atoms with Crippen LogP contribution in [0.4, 0.5) is 0 Å². The second-order valence-corrected chi connectivity index (χ2v) is 4.19. The number of nitrogens with one attached hydrogen (secondary N) is 1. The van der Waals surface area contributed by atoms with Gasteiger partial charge in [-0.2, -0.15) is 5.10 Å². The van der Waals surface area contributed by atoms with Crippen molar-refractivity contribution in [2.45, 2.75) is 0 Å². The first-order chi connectivity index (χ1) is 8.83. The monoisotopic (exact) mass is 256 g/mol. The molecule has 4 nitrogen and oxygen atoms in total. The van der Waals surface area contributed by atoms with Gasteiger partial charge >= 0.3 is 0 Å². The lowest BCUT2D eigenvalue weighted by molar-refractivity contribution is 1.10. The van der Waals surface area contributed by atoms with Crippen LogP contribution in [0.15, 0.2) is 48.8 Å². The molecule has 5 heteroatoms. The highest BCUT2D eigenvalue weighted by Crippen LogP contribution is 2.21. The van der Waals surface area contributed by atoms with Crippen LogP contribution in [0.25, 0.3) is 22.8 Å². The van der Waals surface area contributed by atoms with E-state index in [2.05, 4.69) is 20.2 Å². The fourth-order valence-electron chi connectivity index (χ4n) is 1.66. The molecule has 3 rings (SSSR count). The molecule has 0 saturated carbocycles. The summed E-state index contributed by atoms with van der Waals surface area (Å²) in [5.74, 6) is 1.34. The molecule has 1 N–H and O–H groups in total. The molecule has 2 heterocycles. The number of H-pyrrole nitrogens is 1. The lowest BCUT2D eigenvalue weighted by atomic mass is 10.2. The number of benzene rings is 1. The lowest BCUT2D eigenvalue weighted by Gasteiger charge is -1.95. The van der Waals surface area contributed by atoms with Crippen molar-refractivity contribution in [3.63, 3.8) is 0 Å². The molecule has 0 aliphatic carbocycles. The Morgan fingerprint density at radius 3 is 2.61 bits per heavy atom. The molecule has 0 unspecified atom stereocenters. The Morgan fingerprint density at radius 2 is 1.83 bits per heavy atom. The first-order valence-electron chi connectivity index (χ1n) is 5.42. The van der Waals surface area contributed by atoms with Crippen molar-refractivity contribution in [2.75, 3.05) is 0 Å². The van der Waals surface area contributed by atoms with Crippen LogP contribution in [0.5, 0.6) is 0 Å². The minimum Gasteiger partial charge on any atom is -0.265 e. The van der Waals surface area contributed by atoms with Gasteiger partial charge in [0.2, 0.25) is 0 Å². The summed E-state index contributed by atoms with van der Waals surface area (Å²) < 4.78 is 0. The molecule has 88 valence electrons. The Balaban J connectivity index is 2.00. The summed E-state index contributed by atoms with van der Waals surface area (Å²) in [5, 5.41) is 7.77. The largest absolute Gasteiger partial charge is 0.265 e. The minimum atomic E-state index is 0.629. The molecule has 1 aromatic carbocycles. The molecule has 0 spiro atoms. The van der Waals surface area contributed by atoms with Gasteiger partial charge in [0.25, 0.3) is 0 Å². The zero-order valence-electron chi connectivity index (χ0n) is 9.34. The third-order valence-electron chi connectivity index (χ3n) is 2.52. The van der Waals surface area contributed by atoms with Gasteiger partial charge in [0, 0.05) is 28.5 Å². The number of halogens is 1. The molecule has 2 aromatic heterocycles. The molecule has 0 saturated heterocycles. The number of pyridine rings is 1. The maximum absolute atomic E-state index is 5.94. The topological polar surface area (TPSA) is 54.5 Å². The van der Waals surface area contributed by atoms with Gasteiger partial charge in [-0.3, -0.25) is 10.1 Å². The number of rotatable bonds is 2. The predicted octanol–water partition coefficient (Wildman–Crippen LogP) is 3.19. The SMILES string of the molecule is Clc1cccc(-c2n[nH]c(-c3ccncc3)n2)c1. The van der Waals surface area contributed by atoms with Gasteiger partial charge in [0.15, 0.2) is 11.6 Å². The Hall–Kier alpha value is -2.20. The Labute approximate surface area is 109 Å². The van der Waals surface area contributed by atoms with E-state index in [1.54, 1.807) is 12.4 Å². The van der Waals surface area contributed by atoms with Gasteiger partial charge in [-0.05, 0) is 24.3 Å². The fourth-order valence-corrected chi connectivity index (χ4v) is 1.85. The lowest BCUT2D eigenvalue weighted by Crippen LogP contribution is -1.81. The molecule has 0 radical (unpaired) electrons. The van der Waals surface area contributed by atoms with Crippen molar-refractivity contribution >= 4 is 11.6 Å². The number of nitrogens with zero attached hydrogens (tertiary/aromatic N) is 3. The summed E-state index contributed by atoms with van der Waals surface area (Å²) in [7, 11) is 0. The van der Waals surface area contributed by atoms with Crippen molar-refractivity contribution in [2.24, 2.45) is 0 Å². The quantitative estimate of drug-likeness (QED) is 0.766. The third-order valence-corrected chi connectivity index (χ3v) is 2.76. The number of hydrogen-bond acceptors (Lipinski definition) is 3. The first-order valence-corrected chi connectivity index (χ1v) is 5.79. The summed E-state index contributed by atoms with van der Waals surface area (Å²) >= 11 is 5.94. The van der Waals surface area contributed by atoms with Crippen LogP contribution in [0.3, 0.4) is 0 Å². The van der Waals surface area contributed by atoms with Crippen LogP contribution in [-0.2, 0) is 0 Å². The van der Waals surface area contributed by atoms with E-state index < -0.39 is 0 Å². The highest BCUT2D eigenvalue weighted by molar-refractivity contribution is 6.30. The Kier molecular flexibility index (Phi) is 2.78. The van der Waals surface area contributed by atoms with E-state index in [1.165, 1.54) is 0 Å². The number of aromatic amines is 1. The summed E-state index contributed by atoms with van der Waals surface area (Å²) in [6.07, 6.45) is 3.44. The maximum Gasteiger partial charge on any atom is 0.181 e. The number of aromatic nitrogens is 4. The van der Waals surface area contributed by atoms with Gasteiger partial charge < -0.3 is 0 Å². The Morgan fingerprint density at radius 1 is 1.00 bits per heavy atom. The average Bonchev–Trinajstić information content (AvgIpc) is 2.89. The standard InChI is InChI=1S/C13H9ClN4/c14-11-3-1-2-10(8-11)13-16-12(17-18-13)9-4-6-15-7-5-9/h1-8H,(H,16,17,18). The van der Waals surface area contributed by atoms with E-state index >= 15 is 0 Å². The minimum absolute atomic E-state index is 0.629. The summed E-state index contributed by atoms with van der Waals surface area (Å²) in [6.45, 7) is 0. The molecule has 0 atom stereocenters. The highest BCUT2D eigenvalue weighted by atomic mass is 35.5. The van der Waals surface area contributed by atoms with E-state index in [0.29, 0.717) is 16.7 Å². The van der Waals surface area contributed by atoms with Crippen LogP contribution in [0, 0.1) is 0 Å². The van der Waals surface area contributed by atoms with Gasteiger partial charge in [0.1, 0.15) is 0 Å². The van der Waals surface area contributed by atoms with Crippen molar-refractivity contribution in [1.29, 1.82) is 0 Å². The zero-order chi connectivity index (χ0) is 12.4. The highest BCUT2D eigenvalue weighted by Gasteiger charge is 2.07. The predicted molar refractivity (Wildman–Crippen MR) is 70.1 cm³/mol. The van der Waals surface area contributed by atoms with Crippen molar-refractivity contribution in [1.82, 2.24) is 20.2 Å². The first kappa shape index (κ1) is 10.9. The molecule has 0 amide bonds. The molecule has 18 heavy (non-hydrogen) atoms. The van der Waals surface area contributed by atoms with E-state index in [-0.39, 0.29) is 0 Å². The van der Waals surface area contributed by atoms with Gasteiger partial charge in [0.05, 0.1) is 0 Å². The van der Waals surface area contributed by atoms with Gasteiger partial charge in [-0.15, -0.1) is 0 Å². The molecule has 3 aromatic rings. The maximum atomic E-state index is 5.94. The van der Waals surface area contributed by atoms with E-state index in [4.69, 9.17) is 11.6 Å². The van der Waals surface area contributed by atoms with Gasteiger partial charge in [-0.1, -0.05) is 23.7 Å². The van der Waals surface area contributed by atoms with Crippen molar-refractivity contribution in [3.05, 3.63) is 53.8 Å². The fraction of sp³-hybridized carbons (Fsp3) is 0. The van der Waals surface area contributed by atoms with E-state index in [9.17, 15) is 0 Å². The molecule has 0 fully saturated rings. The molecular formula is C13H9ClN4. The second kappa shape index (κ2) is 4.58. The van der Waals surface area contributed by atoms with Crippen LogP contribution >= 0.6 is 11.6 Å². The molecule has 0 aliphatic rings. The van der Waals surface area contributed by atoms with Crippen LogP contribution < -0.4 is 0 Å². The zero-order valence-corrected chi connectivity index (χ0v) is 10.1. The summed E-state index contributed by atoms with van der Waals surface area (Å²) in [6, 6.07) is 11.2. The van der Waals surface area contributed by atoms with Crippen molar-refractivity contribution < 1.29 is 0 Å². The van der Waals surface area contributed by atoms with Crippen molar-refractivity contribution in [3.8, 4) is 22.8 Å². The summed E-state index contributed by atoms with van der Waals surface area (Å²) in [5.41, 5.74) is 1.84. The van der Waals surface area contributed by atoms with E-state index in [0.717, 1.165) is 11.1 Å². The van der Waals surface area contributed by atoms with Crippen LogP contribution in [-0.4, -0.2) is 20.2 Å². The summed E-state index contributed by atoms with van der Waals surface area (Å²) in [4.78, 5) is 8.41. The van der Waals surface area contributed by atoms with E-state index in [1.807, 2.05) is 36.4 Å². The third kappa shape index (κ3) is 2.10.